The predicted molar refractivity (Wildman–Crippen MR) is 81.2 cm³/mol. The van der Waals surface area contributed by atoms with Gasteiger partial charge in [0.25, 0.3) is 0 Å². The number of hydrogen-bond acceptors (Lipinski definition) is 4. The summed E-state index contributed by atoms with van der Waals surface area (Å²) in [6.45, 7) is 10.9. The molecule has 0 aliphatic rings. The number of carbonyl (C=O) groups is 2. The van der Waals surface area contributed by atoms with Gasteiger partial charge in [0.15, 0.2) is 0 Å². The molecular weight excluding hydrogens is 268 g/mol. The molecule has 0 bridgehead atoms. The van der Waals surface area contributed by atoms with Crippen LogP contribution in [0.5, 0.6) is 0 Å². The quantitative estimate of drug-likeness (QED) is 0.595. The number of esters is 2. The van der Waals surface area contributed by atoms with Crippen LogP contribution in [0.4, 0.5) is 0 Å². The first-order valence-electron chi connectivity index (χ1n) is 6.85. The number of carbonyl (C=O) groups excluding carboxylic acids is 2. The second-order valence-electron chi connectivity index (χ2n) is 5.59. The molecule has 0 aromatic heterocycles. The molecular formula is C17H22O4. The zero-order chi connectivity index (χ0) is 16.0. The minimum atomic E-state index is -0.701. The fourth-order valence-corrected chi connectivity index (χ4v) is 1.87. The van der Waals surface area contributed by atoms with E-state index >= 15 is 0 Å². The van der Waals surface area contributed by atoms with Gasteiger partial charge in [0.1, 0.15) is 5.60 Å². The van der Waals surface area contributed by atoms with E-state index in [0.717, 1.165) is 17.2 Å². The largest absolute Gasteiger partial charge is 0.462 e. The summed E-state index contributed by atoms with van der Waals surface area (Å²) in [5.74, 6) is -0.848. The Hall–Kier alpha value is -2.10. The highest BCUT2D eigenvalue weighted by Gasteiger charge is 2.22. The maximum Gasteiger partial charge on any atom is 0.338 e. The number of benzene rings is 1. The molecule has 21 heavy (non-hydrogen) atoms. The molecule has 1 rings (SSSR count). The van der Waals surface area contributed by atoms with Crippen LogP contribution in [0, 0.1) is 13.8 Å². The van der Waals surface area contributed by atoms with Gasteiger partial charge in [-0.2, -0.15) is 0 Å². The SMILES string of the molecule is C=CC(=O)OC(C)(C)CCOC(=O)c1ccc(C)cc1C. The van der Waals surface area contributed by atoms with Gasteiger partial charge in [0, 0.05) is 12.5 Å². The van der Waals surface area contributed by atoms with Crippen molar-refractivity contribution in [3.63, 3.8) is 0 Å². The first-order valence-corrected chi connectivity index (χ1v) is 6.85. The van der Waals surface area contributed by atoms with Gasteiger partial charge in [-0.25, -0.2) is 9.59 Å². The first kappa shape index (κ1) is 17.0. The predicted octanol–water partition coefficient (Wildman–Crippen LogP) is 3.36. The molecule has 0 N–H and O–H groups in total. The molecule has 0 saturated carbocycles. The molecule has 1 aromatic rings. The van der Waals surface area contributed by atoms with Crippen molar-refractivity contribution >= 4 is 11.9 Å². The topological polar surface area (TPSA) is 52.6 Å². The lowest BCUT2D eigenvalue weighted by Gasteiger charge is -2.24. The summed E-state index contributed by atoms with van der Waals surface area (Å²) in [7, 11) is 0. The molecule has 114 valence electrons. The van der Waals surface area contributed by atoms with Crippen molar-refractivity contribution < 1.29 is 19.1 Å². The van der Waals surface area contributed by atoms with E-state index < -0.39 is 11.6 Å². The average molecular weight is 290 g/mol. The average Bonchev–Trinajstić information content (AvgIpc) is 2.37. The summed E-state index contributed by atoms with van der Waals surface area (Å²) in [5, 5.41) is 0. The standard InChI is InChI=1S/C17H22O4/c1-6-15(18)21-17(4,5)9-10-20-16(19)14-8-7-12(2)11-13(14)3/h6-8,11H,1,9-10H2,2-5H3. The Balaban J connectivity index is 2.53. The third kappa shape index (κ3) is 5.42. The lowest BCUT2D eigenvalue weighted by Crippen LogP contribution is -2.29. The highest BCUT2D eigenvalue weighted by Crippen LogP contribution is 2.16. The van der Waals surface area contributed by atoms with Gasteiger partial charge in [0.05, 0.1) is 12.2 Å². The third-order valence-corrected chi connectivity index (χ3v) is 3.08. The smallest absolute Gasteiger partial charge is 0.338 e. The van der Waals surface area contributed by atoms with Gasteiger partial charge in [-0.15, -0.1) is 0 Å². The second kappa shape index (κ2) is 7.07. The minimum Gasteiger partial charge on any atom is -0.462 e. The van der Waals surface area contributed by atoms with E-state index in [4.69, 9.17) is 9.47 Å². The van der Waals surface area contributed by atoms with E-state index in [1.807, 2.05) is 26.0 Å². The van der Waals surface area contributed by atoms with Gasteiger partial charge in [-0.1, -0.05) is 24.3 Å². The summed E-state index contributed by atoms with van der Waals surface area (Å²) < 4.78 is 10.4. The maximum absolute atomic E-state index is 12.0. The number of ether oxygens (including phenoxy) is 2. The molecule has 0 aliphatic heterocycles. The third-order valence-electron chi connectivity index (χ3n) is 3.08. The van der Waals surface area contributed by atoms with E-state index in [0.29, 0.717) is 12.0 Å². The summed E-state index contributed by atoms with van der Waals surface area (Å²) in [4.78, 5) is 23.2. The van der Waals surface area contributed by atoms with Crippen LogP contribution in [0.2, 0.25) is 0 Å². The van der Waals surface area contributed by atoms with Crippen molar-refractivity contribution in [3.05, 3.63) is 47.5 Å². The molecule has 0 unspecified atom stereocenters. The molecule has 0 radical (unpaired) electrons. The van der Waals surface area contributed by atoms with Gasteiger partial charge in [-0.05, 0) is 39.3 Å². The van der Waals surface area contributed by atoms with Crippen LogP contribution in [0.3, 0.4) is 0 Å². The van der Waals surface area contributed by atoms with Crippen molar-refractivity contribution in [2.24, 2.45) is 0 Å². The fourth-order valence-electron chi connectivity index (χ4n) is 1.87. The Morgan fingerprint density at radius 3 is 2.52 bits per heavy atom. The summed E-state index contributed by atoms with van der Waals surface area (Å²) in [6.07, 6.45) is 1.53. The maximum atomic E-state index is 12.0. The fraction of sp³-hybridized carbons (Fsp3) is 0.412. The van der Waals surface area contributed by atoms with E-state index in [1.165, 1.54) is 0 Å². The molecule has 4 nitrogen and oxygen atoms in total. The number of rotatable bonds is 6. The zero-order valence-corrected chi connectivity index (χ0v) is 13.1. The highest BCUT2D eigenvalue weighted by atomic mass is 16.6. The Kier molecular flexibility index (Phi) is 5.70. The molecule has 0 spiro atoms. The Bertz CT molecular complexity index is 544. The molecule has 4 heteroatoms. The van der Waals surface area contributed by atoms with Crippen molar-refractivity contribution in [2.75, 3.05) is 6.61 Å². The first-order chi connectivity index (χ1) is 9.75. The van der Waals surface area contributed by atoms with Crippen LogP contribution >= 0.6 is 0 Å². The molecule has 0 fully saturated rings. The molecule has 0 amide bonds. The molecule has 0 saturated heterocycles. The van der Waals surface area contributed by atoms with Crippen LogP contribution in [0.15, 0.2) is 30.9 Å². The van der Waals surface area contributed by atoms with Gasteiger partial charge in [-0.3, -0.25) is 0 Å². The Morgan fingerprint density at radius 1 is 1.29 bits per heavy atom. The summed E-state index contributed by atoms with van der Waals surface area (Å²) >= 11 is 0. The van der Waals surface area contributed by atoms with Gasteiger partial charge >= 0.3 is 11.9 Å². The van der Waals surface area contributed by atoms with Crippen molar-refractivity contribution in [1.82, 2.24) is 0 Å². The van der Waals surface area contributed by atoms with Crippen LogP contribution in [-0.4, -0.2) is 24.1 Å². The lowest BCUT2D eigenvalue weighted by molar-refractivity contribution is -0.151. The van der Waals surface area contributed by atoms with E-state index in [-0.39, 0.29) is 12.6 Å². The second-order valence-corrected chi connectivity index (χ2v) is 5.59. The van der Waals surface area contributed by atoms with Gasteiger partial charge in [0.2, 0.25) is 0 Å². The lowest BCUT2D eigenvalue weighted by atomic mass is 10.1. The summed E-state index contributed by atoms with van der Waals surface area (Å²) in [5.41, 5.74) is 1.84. The highest BCUT2D eigenvalue weighted by molar-refractivity contribution is 5.91. The molecule has 0 atom stereocenters. The van der Waals surface area contributed by atoms with Crippen LogP contribution in [0.1, 0.15) is 41.8 Å². The molecule has 1 aromatic carbocycles. The number of hydrogen-bond donors (Lipinski definition) is 0. The van der Waals surface area contributed by atoms with E-state index in [9.17, 15) is 9.59 Å². The zero-order valence-electron chi connectivity index (χ0n) is 13.1. The van der Waals surface area contributed by atoms with Crippen molar-refractivity contribution in [3.8, 4) is 0 Å². The molecule has 0 heterocycles. The summed E-state index contributed by atoms with van der Waals surface area (Å²) in [6, 6.07) is 5.57. The molecule has 0 aliphatic carbocycles. The van der Waals surface area contributed by atoms with Crippen LogP contribution in [-0.2, 0) is 14.3 Å². The van der Waals surface area contributed by atoms with E-state index in [2.05, 4.69) is 6.58 Å². The van der Waals surface area contributed by atoms with Gasteiger partial charge < -0.3 is 9.47 Å². The van der Waals surface area contributed by atoms with E-state index in [1.54, 1.807) is 19.9 Å². The monoisotopic (exact) mass is 290 g/mol. The van der Waals surface area contributed by atoms with Crippen LogP contribution in [0.25, 0.3) is 0 Å². The van der Waals surface area contributed by atoms with Crippen molar-refractivity contribution in [1.29, 1.82) is 0 Å². The Labute approximate surface area is 125 Å². The van der Waals surface area contributed by atoms with Crippen molar-refractivity contribution in [2.45, 2.75) is 39.7 Å². The Morgan fingerprint density at radius 2 is 1.95 bits per heavy atom. The normalized spacial score (nSPS) is 10.9. The van der Waals surface area contributed by atoms with Crippen LogP contribution < -0.4 is 0 Å². The minimum absolute atomic E-state index is 0.184. The number of aryl methyl sites for hydroxylation is 2.